The zero-order valence-electron chi connectivity index (χ0n) is 15.5. The smallest absolute Gasteiger partial charge is 0.306 e. The zero-order valence-corrected chi connectivity index (χ0v) is 17.9. The van der Waals surface area contributed by atoms with Crippen LogP contribution in [0.2, 0.25) is 10.0 Å². The van der Waals surface area contributed by atoms with Crippen molar-refractivity contribution in [2.24, 2.45) is 0 Å². The summed E-state index contributed by atoms with van der Waals surface area (Å²) < 4.78 is 29.0. The Kier molecular flexibility index (Phi) is 5.00. The minimum absolute atomic E-state index is 0.00809. The van der Waals surface area contributed by atoms with Gasteiger partial charge in [-0.2, -0.15) is 0 Å². The summed E-state index contributed by atoms with van der Waals surface area (Å²) in [5.74, 6) is -1.35. The van der Waals surface area contributed by atoms with Crippen LogP contribution in [0.15, 0.2) is 40.0 Å². The highest BCUT2D eigenvalue weighted by Crippen LogP contribution is 2.36. The van der Waals surface area contributed by atoms with Gasteiger partial charge < -0.3 is 4.98 Å². The summed E-state index contributed by atoms with van der Waals surface area (Å²) in [6, 6.07) is 6.65. The highest BCUT2D eigenvalue weighted by Gasteiger charge is 2.28. The van der Waals surface area contributed by atoms with E-state index in [2.05, 4.69) is 4.98 Å². The fourth-order valence-electron chi connectivity index (χ4n) is 3.20. The first kappa shape index (κ1) is 20.6. The Morgan fingerprint density at radius 3 is 2.47 bits per heavy atom. The van der Waals surface area contributed by atoms with Crippen molar-refractivity contribution in [2.45, 2.75) is 30.7 Å². The van der Waals surface area contributed by atoms with Gasteiger partial charge in [0, 0.05) is 17.2 Å². The Morgan fingerprint density at radius 2 is 1.83 bits per heavy atom. The number of nitrogens with zero attached hydrogens (tertiary/aromatic N) is 1. The number of aromatic amines is 1. The Bertz CT molecular complexity index is 1390. The number of carbonyl (C=O) groups is 2. The number of halogens is 2. The lowest BCUT2D eigenvalue weighted by Gasteiger charge is -2.11. The molecule has 2 N–H and O–H groups in total. The second-order valence-electron chi connectivity index (χ2n) is 7.02. The van der Waals surface area contributed by atoms with Crippen LogP contribution in [0.1, 0.15) is 46.5 Å². The summed E-state index contributed by atoms with van der Waals surface area (Å²) in [5, 5.41) is -0.220. The molecule has 1 aliphatic carbocycles. The summed E-state index contributed by atoms with van der Waals surface area (Å²) in [6.07, 6.45) is 1.73. The molecule has 0 radical (unpaired) electrons. The number of rotatable bonds is 5. The number of nitrogens with one attached hydrogen (secondary N) is 2. The molecule has 3 aromatic rings. The average molecular weight is 468 g/mol. The number of hydrogen-bond donors (Lipinski definition) is 2. The molecule has 1 aliphatic rings. The third-order valence-corrected chi connectivity index (χ3v) is 6.92. The van der Waals surface area contributed by atoms with Gasteiger partial charge in [0.25, 0.3) is 15.9 Å². The number of amides is 1. The minimum Gasteiger partial charge on any atom is -0.306 e. The van der Waals surface area contributed by atoms with Crippen molar-refractivity contribution in [2.75, 3.05) is 0 Å². The molecule has 1 aromatic heterocycles. The molecular formula is C19H15Cl2N3O5S. The number of hydrogen-bond acceptors (Lipinski definition) is 5. The van der Waals surface area contributed by atoms with Gasteiger partial charge in [0.1, 0.15) is 4.90 Å². The van der Waals surface area contributed by atoms with E-state index in [9.17, 15) is 22.8 Å². The molecule has 0 aliphatic heterocycles. The van der Waals surface area contributed by atoms with Crippen LogP contribution in [0.3, 0.4) is 0 Å². The van der Waals surface area contributed by atoms with Gasteiger partial charge in [-0.15, -0.1) is 0 Å². The molecule has 0 atom stereocenters. The molecule has 8 nitrogen and oxygen atoms in total. The Hall–Kier alpha value is -2.62. The van der Waals surface area contributed by atoms with E-state index in [1.165, 1.54) is 19.1 Å². The van der Waals surface area contributed by atoms with Gasteiger partial charge >= 0.3 is 5.69 Å². The Labute approximate surface area is 180 Å². The standard InChI is InChI=1S/C19H15Cl2N3O5S/c1-9(25)12-7-17(14(21)8-13(12)20)30(28,29)23-18(26)10-2-5-15-16(6-10)24(11-3-4-11)19(27)22-15/h2,5-8,11H,3-4H2,1H3,(H,22,27)(H,23,26). The molecule has 1 amide bonds. The highest BCUT2D eigenvalue weighted by atomic mass is 35.5. The summed E-state index contributed by atoms with van der Waals surface area (Å²) in [7, 11) is -4.39. The van der Waals surface area contributed by atoms with Gasteiger partial charge in [0.05, 0.1) is 21.1 Å². The summed E-state index contributed by atoms with van der Waals surface area (Å²) in [6.45, 7) is 1.23. The Balaban J connectivity index is 1.70. The molecular weight excluding hydrogens is 453 g/mol. The van der Waals surface area contributed by atoms with Crippen molar-refractivity contribution in [3.8, 4) is 0 Å². The molecule has 156 valence electrons. The van der Waals surface area contributed by atoms with E-state index in [0.717, 1.165) is 25.0 Å². The molecule has 0 saturated heterocycles. The molecule has 2 aromatic carbocycles. The first-order valence-electron chi connectivity index (χ1n) is 8.90. The molecule has 4 rings (SSSR count). The second-order valence-corrected chi connectivity index (χ2v) is 9.48. The number of carbonyl (C=O) groups excluding carboxylic acids is 2. The summed E-state index contributed by atoms with van der Waals surface area (Å²) >= 11 is 11.9. The lowest BCUT2D eigenvalue weighted by molar-refractivity contribution is 0.0979. The van der Waals surface area contributed by atoms with Crippen LogP contribution in [0, 0.1) is 0 Å². The molecule has 1 saturated carbocycles. The number of sulfonamides is 1. The predicted molar refractivity (Wildman–Crippen MR) is 112 cm³/mol. The molecule has 11 heteroatoms. The quantitative estimate of drug-likeness (QED) is 0.558. The monoisotopic (exact) mass is 467 g/mol. The molecule has 0 unspecified atom stereocenters. The van der Waals surface area contributed by atoms with Gasteiger partial charge in [-0.25, -0.2) is 17.9 Å². The number of fused-ring (bicyclic) bond motifs is 1. The van der Waals surface area contributed by atoms with E-state index in [-0.39, 0.29) is 32.9 Å². The number of imidazole rings is 1. The summed E-state index contributed by atoms with van der Waals surface area (Å²) in [4.78, 5) is 38.7. The maximum absolute atomic E-state index is 12.7. The van der Waals surface area contributed by atoms with Crippen molar-refractivity contribution in [1.82, 2.24) is 14.3 Å². The zero-order chi connectivity index (χ0) is 21.8. The van der Waals surface area contributed by atoms with Crippen LogP contribution in [0.5, 0.6) is 0 Å². The normalized spacial score (nSPS) is 14.1. The first-order valence-corrected chi connectivity index (χ1v) is 11.1. The molecule has 30 heavy (non-hydrogen) atoms. The average Bonchev–Trinajstić information content (AvgIpc) is 3.41. The van der Waals surface area contributed by atoms with Gasteiger partial charge in [0.2, 0.25) is 0 Å². The van der Waals surface area contributed by atoms with Crippen molar-refractivity contribution < 1.29 is 18.0 Å². The molecule has 0 bridgehead atoms. The van der Waals surface area contributed by atoms with E-state index in [1.54, 1.807) is 10.6 Å². The van der Waals surface area contributed by atoms with E-state index < -0.39 is 26.6 Å². The predicted octanol–water partition coefficient (Wildman–Crippen LogP) is 3.29. The van der Waals surface area contributed by atoms with E-state index >= 15 is 0 Å². The third kappa shape index (κ3) is 3.64. The van der Waals surface area contributed by atoms with Crippen molar-refractivity contribution in [3.63, 3.8) is 0 Å². The van der Waals surface area contributed by atoms with E-state index in [4.69, 9.17) is 23.2 Å². The largest absolute Gasteiger partial charge is 0.326 e. The Morgan fingerprint density at radius 1 is 1.13 bits per heavy atom. The number of benzene rings is 2. The van der Waals surface area contributed by atoms with Crippen molar-refractivity contribution in [3.05, 3.63) is 62.0 Å². The van der Waals surface area contributed by atoms with Gasteiger partial charge in [0.15, 0.2) is 5.78 Å². The maximum Gasteiger partial charge on any atom is 0.326 e. The van der Waals surface area contributed by atoms with Crippen LogP contribution in [-0.2, 0) is 10.0 Å². The van der Waals surface area contributed by atoms with Crippen molar-refractivity contribution >= 4 is 55.9 Å². The van der Waals surface area contributed by atoms with Crippen molar-refractivity contribution in [1.29, 1.82) is 0 Å². The minimum atomic E-state index is -4.39. The molecule has 1 heterocycles. The van der Waals surface area contributed by atoms with Gasteiger partial charge in [-0.1, -0.05) is 23.2 Å². The van der Waals surface area contributed by atoms with Gasteiger partial charge in [-0.3, -0.25) is 14.2 Å². The number of aromatic nitrogens is 2. The fourth-order valence-corrected chi connectivity index (χ4v) is 5.08. The topological polar surface area (TPSA) is 118 Å². The van der Waals surface area contributed by atoms with E-state index in [1.807, 2.05) is 4.72 Å². The lowest BCUT2D eigenvalue weighted by atomic mass is 10.1. The van der Waals surface area contributed by atoms with E-state index in [0.29, 0.717) is 11.0 Å². The van der Waals surface area contributed by atoms with Crippen LogP contribution in [-0.4, -0.2) is 29.7 Å². The SMILES string of the molecule is CC(=O)c1cc(S(=O)(=O)NC(=O)c2ccc3[nH]c(=O)n(C4CC4)c3c2)c(Cl)cc1Cl. The molecule has 1 fully saturated rings. The number of H-pyrrole nitrogens is 1. The number of ketones is 1. The first-order chi connectivity index (χ1) is 14.1. The molecule has 0 spiro atoms. The fraction of sp³-hybridized carbons (Fsp3) is 0.211. The van der Waals surface area contributed by atoms with Crippen LogP contribution >= 0.6 is 23.2 Å². The van der Waals surface area contributed by atoms with Crippen LogP contribution in [0.25, 0.3) is 11.0 Å². The summed E-state index contributed by atoms with van der Waals surface area (Å²) in [5.41, 5.74) is 0.823. The third-order valence-electron chi connectivity index (χ3n) is 4.81. The lowest BCUT2D eigenvalue weighted by Crippen LogP contribution is -2.31. The van der Waals surface area contributed by atoms with Crippen LogP contribution in [0.4, 0.5) is 0 Å². The highest BCUT2D eigenvalue weighted by molar-refractivity contribution is 7.90. The maximum atomic E-state index is 12.7. The second kappa shape index (κ2) is 7.26. The van der Waals surface area contributed by atoms with Crippen LogP contribution < -0.4 is 10.4 Å². The van der Waals surface area contributed by atoms with Gasteiger partial charge in [-0.05, 0) is 50.1 Å². The number of Topliss-reactive ketones (excluding diaryl/α,β-unsaturated/α-hetero) is 1.